The number of hydrogen-bond donors (Lipinski definition) is 27. The fourth-order valence-electron chi connectivity index (χ4n) is 0. The smallest absolute Gasteiger partial charge is 0.759 e. The monoisotopic (exact) mass is 2250 g/mol. The van der Waals surface area contributed by atoms with Crippen molar-refractivity contribution in [3.05, 3.63) is 0 Å². The van der Waals surface area contributed by atoms with E-state index in [0.717, 1.165) is 0 Å². The third-order valence-electron chi connectivity index (χ3n) is 0. The third kappa shape index (κ3) is 16400. The molecule has 0 saturated heterocycles. The normalized spacial score (nSPS) is 10.3. The van der Waals surface area contributed by atoms with E-state index < -0.39 is 208 Å². The second kappa shape index (κ2) is 106. The van der Waals surface area contributed by atoms with Crippen LogP contribution in [0.5, 0.6) is 0 Å². The topological polar surface area (TPSA) is 1530 Å². The second-order valence-corrected chi connectivity index (χ2v) is 26.1. The summed E-state index contributed by atoms with van der Waals surface area (Å²) in [6, 6.07) is 0. The van der Waals surface area contributed by atoms with Gasteiger partial charge in [-0.2, -0.15) is 109 Å². The van der Waals surface area contributed by atoms with Gasteiger partial charge in [-0.3, -0.25) is 173 Å². The molecule has 0 atom stereocenters. The first-order valence-electron chi connectivity index (χ1n) is 13.8. The van der Waals surface area contributed by atoms with Crippen molar-refractivity contribution in [3.63, 3.8) is 0 Å². The zero-order valence-corrected chi connectivity index (χ0v) is 97.2. The predicted molar refractivity (Wildman–Crippen MR) is 259 cm³/mol. The standard InChI is InChI=1S/13Na.20H2O4S/c;;;;;;;;;;;;;20*1-5(2,3)4/h;;;;;;;;;;;;;20*(H2,1,2,3,4)/q13*+1;;;;;;;;;;;;;;;;;;;;/p-13. The van der Waals surface area contributed by atoms with Gasteiger partial charge in [0.2, 0.25) is 10.4 Å². The quantitative estimate of drug-likeness (QED) is 0.0608. The van der Waals surface area contributed by atoms with E-state index in [2.05, 4.69) is 0 Å². The molecule has 0 rings (SSSR count). The molecule has 0 aromatic carbocycles. The summed E-state index contributed by atoms with van der Waals surface area (Å²) in [6.45, 7) is 0. The first kappa shape index (κ1) is 226. The van der Waals surface area contributed by atoms with Crippen molar-refractivity contribution in [2.24, 2.45) is 0 Å². The summed E-state index contributed by atoms with van der Waals surface area (Å²) in [5, 5.41) is 0. The summed E-state index contributed by atoms with van der Waals surface area (Å²) in [4.78, 5) is 0. The van der Waals surface area contributed by atoms with Gasteiger partial charge in [0.1, 0.15) is 0 Å². The molecule has 0 aliphatic heterocycles. The SMILES string of the molecule is O=S(=O)(O)O.O=S(=O)(O)O.O=S(=O)(O)O.O=S(=O)(O)O.O=S(=O)(O)O.O=S(=O)(O)O.O=S(=O)(O)O.O=S(=O)(O)O.O=S(=O)(O)O.O=S(=O)(O)O.O=S(=O)(O)O.O=S(=O)(O)O.O=S(=O)(O)O.O=S(=O)([O-])O.O=S(=O)([O-])[O-].O=S(=O)([O-])[O-].O=S(=O)([O-])[O-].O=S(=O)([O-])[O-].O=S(=O)([O-])[O-].O=S(=O)([O-])[O-].[Na+].[Na+].[Na+].[Na+].[Na+].[Na+].[Na+].[Na+].[Na+].[Na+].[Na+].[Na+].[Na+]. The zero-order chi connectivity index (χ0) is 90.0. The minimum absolute atomic E-state index is 0. The Morgan fingerprint density at radius 2 is 0.0973 bits per heavy atom. The van der Waals surface area contributed by atoms with E-state index >= 15 is 0 Å². The van der Waals surface area contributed by atoms with Gasteiger partial charge in [-0.15, -0.1) is 0 Å². The van der Waals surface area contributed by atoms with Crippen molar-refractivity contribution < 1.29 is 735 Å². The van der Waals surface area contributed by atoms with Crippen molar-refractivity contribution in [1.82, 2.24) is 0 Å². The molecule has 27 N–H and O–H groups in total. The Labute approximate surface area is 923 Å². The van der Waals surface area contributed by atoms with Crippen molar-refractivity contribution in [2.75, 3.05) is 0 Å². The Morgan fingerprint density at radius 3 is 0.0973 bits per heavy atom. The summed E-state index contributed by atoms with van der Waals surface area (Å²) < 4.78 is 648. The van der Waals surface area contributed by atoms with Crippen LogP contribution in [0.15, 0.2) is 0 Å². The summed E-state index contributed by atoms with van der Waals surface area (Å²) in [5.74, 6) is 0. The van der Waals surface area contributed by atoms with Crippen LogP contribution in [-0.4, -0.2) is 350 Å². The van der Waals surface area contributed by atoms with Gasteiger partial charge in [0.15, 0.2) is 0 Å². The van der Waals surface area contributed by atoms with Crippen LogP contribution in [0.1, 0.15) is 0 Å². The molecule has 0 aromatic rings. The van der Waals surface area contributed by atoms with Crippen LogP contribution in [0.3, 0.4) is 0 Å². The molecule has 0 amide bonds. The van der Waals surface area contributed by atoms with E-state index in [9.17, 15) is 0 Å². The molecule has 0 saturated carbocycles. The minimum atomic E-state index is -5.17. The molecular weight excluding hydrogens is 2220 g/mol. The van der Waals surface area contributed by atoms with Crippen LogP contribution in [0.2, 0.25) is 0 Å². The van der Waals surface area contributed by atoms with Gasteiger partial charge in [0.25, 0.3) is 0 Å². The van der Waals surface area contributed by atoms with Crippen LogP contribution < -0.4 is 384 Å². The molecule has 80 nitrogen and oxygen atoms in total. The Bertz CT molecular complexity index is 3090. The van der Waals surface area contributed by atoms with Gasteiger partial charge in [0.05, 0.1) is 0 Å². The van der Waals surface area contributed by atoms with Gasteiger partial charge in [0, 0.05) is 62.4 Å². The van der Waals surface area contributed by atoms with E-state index in [4.69, 9.17) is 350 Å². The van der Waals surface area contributed by atoms with E-state index in [-0.39, 0.29) is 384 Å². The van der Waals surface area contributed by atoms with Gasteiger partial charge in [-0.25, -0.2) is 8.42 Å². The summed E-state index contributed by atoms with van der Waals surface area (Å²) in [6.07, 6.45) is 0. The Hall–Kier alpha value is 10.4. The number of hydrogen-bond acceptors (Lipinski definition) is 53. The molecule has 0 radical (unpaired) electrons. The van der Waals surface area contributed by atoms with Crippen molar-refractivity contribution in [3.8, 4) is 0 Å². The van der Waals surface area contributed by atoms with Crippen LogP contribution in [0, 0.1) is 0 Å². The molecule has 0 spiro atoms. The first-order chi connectivity index (χ1) is 40.0. The minimum Gasteiger partial charge on any atom is -0.759 e. The van der Waals surface area contributed by atoms with Gasteiger partial charge < -0.3 is 59.2 Å². The van der Waals surface area contributed by atoms with E-state index in [1.54, 1.807) is 0 Å². The molecule has 0 aliphatic carbocycles. The molecule has 0 unspecified atom stereocenters. The molecular formula is H27Na13O80S20. The summed E-state index contributed by atoms with van der Waals surface area (Å²) in [5.41, 5.74) is 0. The average molecular weight is 2250 g/mol. The molecule has 0 fully saturated rings. The van der Waals surface area contributed by atoms with E-state index in [1.807, 2.05) is 0 Å². The van der Waals surface area contributed by atoms with Crippen LogP contribution in [0.4, 0.5) is 0 Å². The van der Waals surface area contributed by atoms with Crippen molar-refractivity contribution in [2.45, 2.75) is 0 Å². The van der Waals surface area contributed by atoms with Gasteiger partial charge >= 0.3 is 519 Å². The maximum absolute atomic E-state index is 8.74. The molecule has 0 heterocycles. The maximum Gasteiger partial charge on any atom is 1.00 e. The third-order valence-corrected chi connectivity index (χ3v) is 0. The average Bonchev–Trinajstić information content (AvgIpc) is 2.87. The second-order valence-electron chi connectivity index (χ2n) is 8.70. The Morgan fingerprint density at radius 1 is 0.0973 bits per heavy atom. The summed E-state index contributed by atoms with van der Waals surface area (Å²) >= 11 is 0. The Kier molecular flexibility index (Phi) is 212. The molecule has 640 valence electrons. The molecule has 0 bridgehead atoms. The summed E-state index contributed by atoms with van der Waals surface area (Å²) in [7, 11) is -96.6. The molecule has 0 aromatic heterocycles. The maximum atomic E-state index is 8.74. The van der Waals surface area contributed by atoms with Gasteiger partial charge in [-0.05, 0) is 0 Å². The molecule has 113 heavy (non-hydrogen) atoms. The fraction of sp³-hybridized carbons (Fsp3) is 0. The Balaban J connectivity index is -0.0000000191. The predicted octanol–water partition coefficient (Wildman–Crippen LogP) is -56.5. The molecule has 113 heteroatoms. The molecule has 0 aliphatic rings. The van der Waals surface area contributed by atoms with E-state index in [0.29, 0.717) is 0 Å². The van der Waals surface area contributed by atoms with Gasteiger partial charge in [-0.1, -0.05) is 0 Å². The number of rotatable bonds is 0. The zero-order valence-electron chi connectivity index (χ0n) is 54.9. The van der Waals surface area contributed by atoms with Crippen molar-refractivity contribution >= 4 is 208 Å². The van der Waals surface area contributed by atoms with E-state index in [1.165, 1.54) is 0 Å². The largest absolute Gasteiger partial charge is 1.00 e. The van der Waals surface area contributed by atoms with Crippen LogP contribution >= 0.6 is 0 Å². The fourth-order valence-corrected chi connectivity index (χ4v) is 0. The van der Waals surface area contributed by atoms with Crippen LogP contribution in [-0.2, 0) is 208 Å². The van der Waals surface area contributed by atoms with Crippen LogP contribution in [0.25, 0.3) is 0 Å². The van der Waals surface area contributed by atoms with Crippen molar-refractivity contribution in [1.29, 1.82) is 0 Å². The first-order valence-corrected chi connectivity index (χ1v) is 41.3.